The second-order valence-corrected chi connectivity index (χ2v) is 12.7. The molecule has 0 saturated carbocycles. The summed E-state index contributed by atoms with van der Waals surface area (Å²) in [5, 5.41) is 17.8. The van der Waals surface area contributed by atoms with Gasteiger partial charge in [-0.3, -0.25) is 14.4 Å². The number of unbranched alkanes of at least 4 members (excludes halogenated alkanes) is 19. The Hall–Kier alpha value is -0.710. The minimum absolute atomic E-state index is 0. The predicted molar refractivity (Wildman–Crippen MR) is 184 cm³/mol. The number of hydrogen-bond acceptors (Lipinski definition) is 6. The van der Waals surface area contributed by atoms with Crippen molar-refractivity contribution in [3.8, 4) is 0 Å². The second-order valence-electron chi connectivity index (χ2n) is 12.7. The number of rotatable bonds is 31. The molecule has 0 aromatic carbocycles. The summed E-state index contributed by atoms with van der Waals surface area (Å²) in [6.45, 7) is 5.08. The van der Waals surface area contributed by atoms with Crippen molar-refractivity contribution in [3.05, 3.63) is 0 Å². The van der Waals surface area contributed by atoms with Crippen LogP contribution in [-0.4, -0.2) is 46.7 Å². The number of aliphatic carboxylic acids is 2. The molecule has 0 aliphatic carbocycles. The third kappa shape index (κ3) is 31.6. The normalized spacial score (nSPS) is 13.5. The molecule has 9 nitrogen and oxygen atoms in total. The summed E-state index contributed by atoms with van der Waals surface area (Å²) < 4.78 is 0. The number of hydrogen-bond donors (Lipinski definition) is 6. The molecule has 0 rings (SSSR count). The van der Waals surface area contributed by atoms with Gasteiger partial charge in [-0.1, -0.05) is 149 Å². The summed E-state index contributed by atoms with van der Waals surface area (Å²) in [5.41, 5.74) is 22.2. The Morgan fingerprint density at radius 1 is 0.556 bits per heavy atom. The van der Waals surface area contributed by atoms with Crippen LogP contribution in [0.2, 0.25) is 0 Å². The van der Waals surface area contributed by atoms with E-state index in [0.717, 1.165) is 38.5 Å². The van der Waals surface area contributed by atoms with Gasteiger partial charge in [-0.25, -0.2) is 0 Å². The number of amides is 1. The number of carbonyl (C=O) groups is 3. The van der Waals surface area contributed by atoms with Gasteiger partial charge in [0.2, 0.25) is 5.91 Å². The standard InChI is InChI=1S/C29H58N2O3.C6H14N2O2.Na.H/c1-3-5-7-9-11-13-15-17-19-21-23-25(27(30)29(33)34)26(28(31)32)24-22-20-18-16-14-12-10-8-6-4-2;7-4-2-1-3-5(8)6(9)10;;/h25-27H,3-24,30H2,1-2H3,(H2,31,32)(H,33,34);5H,1-4,7-8H2,(H,9,10);;/q;;+1;-1. The maximum atomic E-state index is 12.2. The van der Waals surface area contributed by atoms with Crippen LogP contribution in [0.1, 0.15) is 176 Å². The van der Waals surface area contributed by atoms with Crippen molar-refractivity contribution in [2.75, 3.05) is 6.54 Å². The first-order chi connectivity index (χ1) is 21.1. The molecule has 4 unspecified atom stereocenters. The van der Waals surface area contributed by atoms with E-state index in [1.165, 1.54) is 103 Å². The number of carbonyl (C=O) groups excluding carboxylic acids is 1. The SMILES string of the molecule is CCCCCCCCCCCCC(C(N)=O)C(CCCCCCCCCCCC)C(N)C(=O)O.NCCCCC(N)C(=O)O.[H-].[Na+]. The van der Waals surface area contributed by atoms with Crippen LogP contribution in [0.4, 0.5) is 0 Å². The molecule has 0 radical (unpaired) electrons. The van der Waals surface area contributed by atoms with Crippen molar-refractivity contribution in [2.45, 2.75) is 186 Å². The van der Waals surface area contributed by atoms with Crippen LogP contribution >= 0.6 is 0 Å². The van der Waals surface area contributed by atoms with E-state index in [1.807, 2.05) is 0 Å². The smallest absolute Gasteiger partial charge is 1.00 e. The summed E-state index contributed by atoms with van der Waals surface area (Å²) in [6, 6.07) is -1.73. The first kappa shape index (κ1) is 48.7. The Balaban J connectivity index is -0.000000630. The molecule has 0 aliphatic rings. The van der Waals surface area contributed by atoms with E-state index in [4.69, 9.17) is 28.0 Å². The Bertz CT molecular complexity index is 693. The van der Waals surface area contributed by atoms with E-state index >= 15 is 0 Å². The van der Waals surface area contributed by atoms with Gasteiger partial charge in [0, 0.05) is 5.92 Å². The first-order valence-electron chi connectivity index (χ1n) is 18.1. The van der Waals surface area contributed by atoms with Gasteiger partial charge in [0.05, 0.1) is 0 Å². The summed E-state index contributed by atoms with van der Waals surface area (Å²) in [7, 11) is 0. The summed E-state index contributed by atoms with van der Waals surface area (Å²) >= 11 is 0. The zero-order valence-corrected chi connectivity index (χ0v) is 31.6. The van der Waals surface area contributed by atoms with E-state index in [1.54, 1.807) is 0 Å². The third-order valence-electron chi connectivity index (χ3n) is 8.67. The van der Waals surface area contributed by atoms with Crippen molar-refractivity contribution >= 4 is 17.8 Å². The van der Waals surface area contributed by atoms with Crippen LogP contribution in [0, 0.1) is 11.8 Å². The fourth-order valence-electron chi connectivity index (χ4n) is 5.73. The monoisotopic (exact) mass is 653 g/mol. The van der Waals surface area contributed by atoms with E-state index in [9.17, 15) is 19.5 Å². The number of nitrogens with two attached hydrogens (primary N) is 4. The average Bonchev–Trinajstić information content (AvgIpc) is 2.99. The minimum atomic E-state index is -1.02. The quantitative estimate of drug-likeness (QED) is 0.0469. The van der Waals surface area contributed by atoms with Gasteiger partial charge < -0.3 is 34.6 Å². The number of carboxylic acid groups (broad SMARTS) is 2. The van der Waals surface area contributed by atoms with Crippen LogP contribution in [0.25, 0.3) is 0 Å². The molecule has 4 atom stereocenters. The fraction of sp³-hybridized carbons (Fsp3) is 0.914. The van der Waals surface area contributed by atoms with Crippen molar-refractivity contribution in [2.24, 2.45) is 34.8 Å². The van der Waals surface area contributed by atoms with Gasteiger partial charge in [0.25, 0.3) is 0 Å². The van der Waals surface area contributed by atoms with Gasteiger partial charge >= 0.3 is 41.5 Å². The molecule has 0 heterocycles. The zero-order chi connectivity index (χ0) is 33.4. The van der Waals surface area contributed by atoms with Gasteiger partial charge in [0.1, 0.15) is 12.1 Å². The van der Waals surface area contributed by atoms with Gasteiger partial charge in [-0.2, -0.15) is 0 Å². The van der Waals surface area contributed by atoms with Crippen molar-refractivity contribution in [1.82, 2.24) is 0 Å². The number of carboxylic acids is 2. The molecule has 0 saturated heterocycles. The summed E-state index contributed by atoms with van der Waals surface area (Å²) in [5.74, 6) is -3.13. The molecule has 0 aromatic heterocycles. The van der Waals surface area contributed by atoms with Crippen LogP contribution in [0.3, 0.4) is 0 Å². The topological polar surface area (TPSA) is 196 Å². The molecule has 10 N–H and O–H groups in total. The Morgan fingerprint density at radius 3 is 1.24 bits per heavy atom. The maximum Gasteiger partial charge on any atom is 1.00 e. The summed E-state index contributed by atoms with van der Waals surface area (Å²) in [6.07, 6.45) is 28.1. The molecule has 0 aliphatic heterocycles. The van der Waals surface area contributed by atoms with Crippen LogP contribution in [-0.2, 0) is 14.4 Å². The molecule has 0 spiro atoms. The Morgan fingerprint density at radius 2 is 0.911 bits per heavy atom. The van der Waals surface area contributed by atoms with Gasteiger partial charge in [-0.15, -0.1) is 0 Å². The Kier molecular flexibility index (Phi) is 39.1. The summed E-state index contributed by atoms with van der Waals surface area (Å²) in [4.78, 5) is 34.0. The van der Waals surface area contributed by atoms with E-state index in [2.05, 4.69) is 13.8 Å². The van der Waals surface area contributed by atoms with E-state index in [0.29, 0.717) is 25.8 Å². The average molecular weight is 653 g/mol. The van der Waals surface area contributed by atoms with Crippen molar-refractivity contribution in [1.29, 1.82) is 0 Å². The van der Waals surface area contributed by atoms with Gasteiger partial charge in [-0.05, 0) is 38.1 Å². The zero-order valence-electron chi connectivity index (χ0n) is 30.6. The minimum Gasteiger partial charge on any atom is -1.00 e. The predicted octanol–water partition coefficient (Wildman–Crippen LogP) is 4.38. The van der Waals surface area contributed by atoms with Crippen molar-refractivity contribution in [3.63, 3.8) is 0 Å². The second kappa shape index (κ2) is 36.1. The molecule has 0 fully saturated rings. The molecular weight excluding hydrogens is 579 g/mol. The molecule has 1 amide bonds. The maximum absolute atomic E-state index is 12.2. The molecule has 10 heteroatoms. The third-order valence-corrected chi connectivity index (χ3v) is 8.67. The molecule has 264 valence electrons. The molecule has 45 heavy (non-hydrogen) atoms. The fourth-order valence-corrected chi connectivity index (χ4v) is 5.73. The molecule has 0 aromatic rings. The van der Waals surface area contributed by atoms with E-state index < -0.39 is 29.9 Å². The van der Waals surface area contributed by atoms with E-state index in [-0.39, 0.29) is 42.8 Å². The molecule has 0 bridgehead atoms. The van der Waals surface area contributed by atoms with Crippen LogP contribution < -0.4 is 52.5 Å². The molecular formula is C35H73N4NaO5. The Labute approximate surface area is 299 Å². The van der Waals surface area contributed by atoms with Crippen LogP contribution in [0.15, 0.2) is 0 Å². The van der Waals surface area contributed by atoms with Crippen LogP contribution in [0.5, 0.6) is 0 Å². The van der Waals surface area contributed by atoms with Gasteiger partial charge in [0.15, 0.2) is 0 Å². The largest absolute Gasteiger partial charge is 1.00 e. The first-order valence-corrected chi connectivity index (χ1v) is 18.1. The number of primary amides is 1. The van der Waals surface area contributed by atoms with Crippen molar-refractivity contribution < 1.29 is 55.6 Å².